The average Bonchev–Trinajstić information content (AvgIpc) is 2.24. The van der Waals surface area contributed by atoms with Crippen molar-refractivity contribution in [3.8, 4) is 0 Å². The van der Waals surface area contributed by atoms with Gasteiger partial charge in [-0.3, -0.25) is 4.79 Å². The summed E-state index contributed by atoms with van der Waals surface area (Å²) in [4.78, 5) is 11.0. The fraction of sp³-hybridized carbons (Fsp3) is 0.875. The fourth-order valence-corrected chi connectivity index (χ4v) is 1.17. The molecule has 1 rings (SSSR count). The minimum absolute atomic E-state index is 0.157. The topological polar surface area (TPSA) is 53.6 Å². The van der Waals surface area contributed by atoms with E-state index in [9.17, 15) is 18.0 Å². The number of nitrogens with zero attached hydrogens (tertiary/aromatic N) is 1. The highest BCUT2D eigenvalue weighted by Crippen LogP contribution is 2.11. The molecule has 0 aromatic carbocycles. The van der Waals surface area contributed by atoms with Crippen LogP contribution < -0.4 is 10.7 Å². The quantitative estimate of drug-likeness (QED) is 0.697. The summed E-state index contributed by atoms with van der Waals surface area (Å²) in [5.74, 6) is -0.677. The van der Waals surface area contributed by atoms with Gasteiger partial charge in [-0.05, 0) is 0 Å². The summed E-state index contributed by atoms with van der Waals surface area (Å²) in [6.45, 7) is 0.889. The van der Waals surface area contributed by atoms with E-state index in [4.69, 9.17) is 4.74 Å². The lowest BCUT2D eigenvalue weighted by Gasteiger charge is -2.26. The molecule has 1 aliphatic rings. The first-order valence-corrected chi connectivity index (χ1v) is 4.87. The van der Waals surface area contributed by atoms with Gasteiger partial charge in [0, 0.05) is 13.1 Å². The van der Waals surface area contributed by atoms with E-state index in [-0.39, 0.29) is 6.54 Å². The van der Waals surface area contributed by atoms with Crippen molar-refractivity contribution in [1.29, 1.82) is 0 Å². The number of ether oxygens (including phenoxy) is 1. The lowest BCUT2D eigenvalue weighted by molar-refractivity contribution is -0.138. The molecule has 1 aliphatic heterocycles. The van der Waals surface area contributed by atoms with Gasteiger partial charge in [-0.15, -0.1) is 0 Å². The predicted octanol–water partition coefficient (Wildman–Crippen LogP) is -0.498. The maximum Gasteiger partial charge on any atom is 0.405 e. The monoisotopic (exact) mass is 241 g/mol. The van der Waals surface area contributed by atoms with Gasteiger partial charge in [-0.2, -0.15) is 13.2 Å². The summed E-state index contributed by atoms with van der Waals surface area (Å²) in [6, 6.07) is 0. The van der Waals surface area contributed by atoms with Crippen molar-refractivity contribution in [2.45, 2.75) is 6.18 Å². The van der Waals surface area contributed by atoms with Crippen molar-refractivity contribution in [2.75, 3.05) is 39.4 Å². The van der Waals surface area contributed by atoms with Crippen molar-refractivity contribution in [2.24, 2.45) is 0 Å². The first-order chi connectivity index (χ1) is 7.47. The van der Waals surface area contributed by atoms with E-state index in [0.717, 1.165) is 0 Å². The highest BCUT2D eigenvalue weighted by molar-refractivity contribution is 5.77. The Morgan fingerprint density at radius 3 is 2.50 bits per heavy atom. The van der Waals surface area contributed by atoms with Crippen LogP contribution in [0, 0.1) is 0 Å². The molecule has 1 heterocycles. The van der Waals surface area contributed by atoms with Crippen LogP contribution in [0.2, 0.25) is 0 Å². The normalized spacial score (nSPS) is 18.4. The summed E-state index contributed by atoms with van der Waals surface area (Å²) in [6.07, 6.45) is -4.37. The van der Waals surface area contributed by atoms with Crippen LogP contribution in [-0.4, -0.2) is 56.5 Å². The highest BCUT2D eigenvalue weighted by Gasteiger charge is 2.27. The minimum Gasteiger partial charge on any atom is -0.379 e. The smallest absolute Gasteiger partial charge is 0.379 e. The third-order valence-electron chi connectivity index (χ3n) is 1.96. The highest BCUT2D eigenvalue weighted by atomic mass is 19.4. The zero-order valence-electron chi connectivity index (χ0n) is 8.64. The standard InChI is InChI=1S/C8H14F3N3O2/c9-8(10,11)6-12-7(15)5-13-14-1-3-16-4-2-14/h13H,1-6H2,(H,12,15). The van der Waals surface area contributed by atoms with Crippen LogP contribution in [0.5, 0.6) is 0 Å². The number of morpholine rings is 1. The molecule has 0 atom stereocenters. The summed E-state index contributed by atoms with van der Waals surface area (Å²) in [7, 11) is 0. The molecule has 0 radical (unpaired) electrons. The molecule has 1 fully saturated rings. The third-order valence-corrected chi connectivity index (χ3v) is 1.96. The van der Waals surface area contributed by atoms with E-state index in [1.54, 1.807) is 10.3 Å². The van der Waals surface area contributed by atoms with Gasteiger partial charge in [0.05, 0.1) is 19.8 Å². The second kappa shape index (κ2) is 6.02. The van der Waals surface area contributed by atoms with Gasteiger partial charge in [0.2, 0.25) is 5.91 Å². The lowest BCUT2D eigenvalue weighted by atomic mass is 10.5. The van der Waals surface area contributed by atoms with Gasteiger partial charge in [0.1, 0.15) is 6.54 Å². The number of alkyl halides is 3. The molecule has 94 valence electrons. The Morgan fingerprint density at radius 1 is 1.31 bits per heavy atom. The van der Waals surface area contributed by atoms with Crippen molar-refractivity contribution >= 4 is 5.91 Å². The molecule has 0 spiro atoms. The van der Waals surface area contributed by atoms with Gasteiger partial charge in [0.25, 0.3) is 0 Å². The van der Waals surface area contributed by atoms with Crippen LogP contribution in [0.25, 0.3) is 0 Å². The number of rotatable bonds is 4. The van der Waals surface area contributed by atoms with Crippen molar-refractivity contribution in [3.05, 3.63) is 0 Å². The molecule has 2 N–H and O–H groups in total. The number of hydrogen-bond acceptors (Lipinski definition) is 4. The summed E-state index contributed by atoms with van der Waals surface area (Å²) in [5.41, 5.74) is 2.73. The molecule has 0 aliphatic carbocycles. The third kappa shape index (κ3) is 5.89. The predicted molar refractivity (Wildman–Crippen MR) is 49.5 cm³/mol. The van der Waals surface area contributed by atoms with Crippen molar-refractivity contribution in [1.82, 2.24) is 15.8 Å². The number of carbonyl (C=O) groups excluding carboxylic acids is 1. The molecule has 1 saturated heterocycles. The van der Waals surface area contributed by atoms with Gasteiger partial charge in [0.15, 0.2) is 0 Å². The number of halogens is 3. The van der Waals surface area contributed by atoms with Gasteiger partial charge < -0.3 is 10.1 Å². The molecule has 8 heteroatoms. The van der Waals surface area contributed by atoms with Crippen molar-refractivity contribution in [3.63, 3.8) is 0 Å². The number of nitrogens with one attached hydrogen (secondary N) is 2. The molecule has 0 unspecified atom stereocenters. The summed E-state index contributed by atoms with van der Waals surface area (Å²) < 4.78 is 40.3. The lowest BCUT2D eigenvalue weighted by Crippen LogP contribution is -2.49. The Hall–Kier alpha value is -0.860. The van der Waals surface area contributed by atoms with E-state index in [1.807, 2.05) is 0 Å². The number of hydrazine groups is 1. The zero-order chi connectivity index (χ0) is 12.0. The Kier molecular flexibility index (Phi) is 4.97. The second-order valence-electron chi connectivity index (χ2n) is 3.33. The van der Waals surface area contributed by atoms with Gasteiger partial charge in [-0.25, -0.2) is 10.4 Å². The Bertz CT molecular complexity index is 229. The average molecular weight is 241 g/mol. The number of hydrogen-bond donors (Lipinski definition) is 2. The molecule has 16 heavy (non-hydrogen) atoms. The largest absolute Gasteiger partial charge is 0.405 e. The van der Waals surface area contributed by atoms with Gasteiger partial charge in [-0.1, -0.05) is 0 Å². The Labute approximate surface area is 90.9 Å². The number of amides is 1. The SMILES string of the molecule is O=C(CNN1CCOCC1)NCC(F)(F)F. The molecule has 0 aromatic heterocycles. The molecule has 0 aromatic rings. The van der Waals surface area contributed by atoms with E-state index < -0.39 is 18.6 Å². The van der Waals surface area contributed by atoms with Crippen LogP contribution >= 0.6 is 0 Å². The van der Waals surface area contributed by atoms with Crippen molar-refractivity contribution < 1.29 is 22.7 Å². The molecule has 0 saturated carbocycles. The van der Waals surface area contributed by atoms with Crippen LogP contribution in [-0.2, 0) is 9.53 Å². The van der Waals surface area contributed by atoms with E-state index in [2.05, 4.69) is 5.43 Å². The van der Waals surface area contributed by atoms with Gasteiger partial charge >= 0.3 is 6.18 Å². The molecule has 1 amide bonds. The molecular formula is C8H14F3N3O2. The van der Waals surface area contributed by atoms with E-state index >= 15 is 0 Å². The first kappa shape index (κ1) is 13.2. The van der Waals surface area contributed by atoms with Crippen LogP contribution in [0.3, 0.4) is 0 Å². The summed E-state index contributed by atoms with van der Waals surface area (Å²) in [5, 5.41) is 3.52. The van der Waals surface area contributed by atoms with Crippen LogP contribution in [0.15, 0.2) is 0 Å². The maximum atomic E-state index is 11.7. The Morgan fingerprint density at radius 2 is 1.94 bits per heavy atom. The zero-order valence-corrected chi connectivity index (χ0v) is 8.64. The summed E-state index contributed by atoms with van der Waals surface area (Å²) >= 11 is 0. The Balaban J connectivity index is 2.09. The number of carbonyl (C=O) groups is 1. The molecule has 0 bridgehead atoms. The molecule has 5 nitrogen and oxygen atoms in total. The van der Waals surface area contributed by atoms with Crippen LogP contribution in [0.4, 0.5) is 13.2 Å². The first-order valence-electron chi connectivity index (χ1n) is 4.87. The van der Waals surface area contributed by atoms with E-state index in [1.165, 1.54) is 0 Å². The maximum absolute atomic E-state index is 11.7. The fourth-order valence-electron chi connectivity index (χ4n) is 1.17. The van der Waals surface area contributed by atoms with E-state index in [0.29, 0.717) is 26.3 Å². The van der Waals surface area contributed by atoms with Crippen LogP contribution in [0.1, 0.15) is 0 Å². The molecular weight excluding hydrogens is 227 g/mol. The minimum atomic E-state index is -4.37. The second-order valence-corrected chi connectivity index (χ2v) is 3.33.